The molecule has 3 N–H and O–H groups in total. The zero-order chi connectivity index (χ0) is 30.0. The molecule has 0 spiro atoms. The maximum atomic E-state index is 9.86. The molecule has 39 heavy (non-hydrogen) atoms. The fourth-order valence-electron chi connectivity index (χ4n) is 2.81. The Morgan fingerprint density at radius 2 is 1.59 bits per heavy atom. The van der Waals surface area contributed by atoms with Crippen molar-refractivity contribution in [2.24, 2.45) is 0 Å². The molecule has 0 aromatic heterocycles. The first kappa shape index (κ1) is 41.0. The first-order valence-electron chi connectivity index (χ1n) is 13.1. The summed E-state index contributed by atoms with van der Waals surface area (Å²) >= 11 is 1.05. The number of terminal acetylenes is 1. The number of amides is 1. The van der Waals surface area contributed by atoms with Gasteiger partial charge < -0.3 is 25.8 Å². The van der Waals surface area contributed by atoms with Crippen molar-refractivity contribution >= 4 is 12.1 Å². The molecule has 1 amide bonds. The molecular weight excluding hydrogens is 564 g/mol. The molecule has 0 saturated carbocycles. The standard InChI is InChI=1S/C14H22N3.C7H7NO.C5H12N2.C2H6.C2H2.CH.Zr/c1-3-17(2)13-16-11-7-10-15-12-14-8-5-4-6-9-14;9-6-8-7-4-2-1-3-5-7;1-7-4-2-6-3-5-7;2*1-2;;/h3-6,8-9,16H,1,7,10-13H2,2H3;1-6H,(H,8,9);6H,2-5H2,1H3;1-2H3;1-2H;1H;/q-1;;;;;;+1. The van der Waals surface area contributed by atoms with Gasteiger partial charge in [0, 0.05) is 38.9 Å². The van der Waals surface area contributed by atoms with Gasteiger partial charge in [0.15, 0.2) is 0 Å². The molecule has 1 saturated heterocycles. The fourth-order valence-corrected chi connectivity index (χ4v) is 2.81. The van der Waals surface area contributed by atoms with Crippen LogP contribution in [0, 0.1) is 16.9 Å². The van der Waals surface area contributed by atoms with Crippen LogP contribution < -0.4 is 16.0 Å². The number of likely N-dealkylation sites (N-methyl/N-ethyl adjacent to an activating group) is 1. The van der Waals surface area contributed by atoms with E-state index in [0.717, 1.165) is 75.5 Å². The summed E-state index contributed by atoms with van der Waals surface area (Å²) < 4.78 is 4.59. The van der Waals surface area contributed by atoms with E-state index in [1.54, 1.807) is 0 Å². The van der Waals surface area contributed by atoms with Crippen LogP contribution in [0.2, 0.25) is 0 Å². The van der Waals surface area contributed by atoms with E-state index in [1.807, 2.05) is 68.4 Å². The van der Waals surface area contributed by atoms with Crippen molar-refractivity contribution in [3.05, 3.63) is 84.3 Å². The van der Waals surface area contributed by atoms with Gasteiger partial charge in [0.05, 0.1) is 6.67 Å². The number of anilines is 1. The molecule has 8 heteroatoms. The number of carbonyl (C=O) groups is 1. The Balaban J connectivity index is -0.000000494. The minimum atomic E-state index is 0.662. The van der Waals surface area contributed by atoms with Crippen LogP contribution >= 0.6 is 0 Å². The zero-order valence-corrected chi connectivity index (χ0v) is 26.9. The van der Waals surface area contributed by atoms with Crippen molar-refractivity contribution in [2.45, 2.75) is 26.8 Å². The number of hydrogen-bond donors (Lipinski definition) is 3. The summed E-state index contributed by atoms with van der Waals surface area (Å²) in [6.45, 7) is 16.0. The third kappa shape index (κ3) is 29.9. The predicted octanol–water partition coefficient (Wildman–Crippen LogP) is 4.75. The van der Waals surface area contributed by atoms with Crippen LogP contribution in [-0.4, -0.2) is 76.2 Å². The molecule has 2 aromatic rings. The quantitative estimate of drug-likeness (QED) is 0.148. The Morgan fingerprint density at radius 1 is 1.05 bits per heavy atom. The molecule has 1 aliphatic heterocycles. The van der Waals surface area contributed by atoms with Crippen molar-refractivity contribution in [3.63, 3.8) is 0 Å². The molecule has 0 aliphatic carbocycles. The molecule has 0 unspecified atom stereocenters. The normalized spacial score (nSPS) is 11.3. The van der Waals surface area contributed by atoms with E-state index in [0.29, 0.717) is 6.41 Å². The molecule has 214 valence electrons. The van der Waals surface area contributed by atoms with E-state index in [9.17, 15) is 4.79 Å². The number of carbonyl (C=O) groups excluding carboxylic acids is 1. The summed E-state index contributed by atoms with van der Waals surface area (Å²) in [6.07, 6.45) is 11.6. The molecule has 0 atom stereocenters. The molecule has 1 heterocycles. The fraction of sp³-hybridized carbons (Fsp3) is 0.419. The predicted molar refractivity (Wildman–Crippen MR) is 166 cm³/mol. The van der Waals surface area contributed by atoms with Gasteiger partial charge >= 0.3 is 28.0 Å². The zero-order valence-electron chi connectivity index (χ0n) is 24.5. The second-order valence-electron chi connectivity index (χ2n) is 7.72. The molecule has 3 rings (SSSR count). The molecular formula is C31H50N6OZr. The van der Waals surface area contributed by atoms with Crippen LogP contribution in [0.5, 0.6) is 0 Å². The summed E-state index contributed by atoms with van der Waals surface area (Å²) in [5, 5.41) is 13.6. The molecule has 0 radical (unpaired) electrons. The third-order valence-corrected chi connectivity index (χ3v) is 4.82. The Hall–Kier alpha value is -2.49. The Bertz CT molecular complexity index is 790. The molecule has 2 aromatic carbocycles. The van der Waals surface area contributed by atoms with E-state index < -0.39 is 0 Å². The summed E-state index contributed by atoms with van der Waals surface area (Å²) in [4.78, 5) is 14.2. The van der Waals surface area contributed by atoms with Gasteiger partial charge in [0.2, 0.25) is 6.41 Å². The Labute approximate surface area is 253 Å². The summed E-state index contributed by atoms with van der Waals surface area (Å²) in [5.41, 5.74) is 2.11. The van der Waals surface area contributed by atoms with Gasteiger partial charge in [-0.15, -0.1) is 25.9 Å². The van der Waals surface area contributed by atoms with Gasteiger partial charge in [-0.05, 0) is 31.9 Å². The van der Waals surface area contributed by atoms with Gasteiger partial charge in [-0.2, -0.15) is 0 Å². The van der Waals surface area contributed by atoms with Crippen molar-refractivity contribution in [2.75, 3.05) is 65.3 Å². The molecule has 7 nitrogen and oxygen atoms in total. The SMILES string of the molecule is C#C.C=CN(C)CNCCC[N-]Cc1ccccc1.CC.CN1CCNCC1.O=CNc1ccccc1.[CH]#[Zr+]. The molecule has 0 bridgehead atoms. The van der Waals surface area contributed by atoms with E-state index in [4.69, 9.17) is 0 Å². The van der Waals surface area contributed by atoms with Crippen LogP contribution in [0.1, 0.15) is 25.8 Å². The van der Waals surface area contributed by atoms with Gasteiger partial charge in [-0.3, -0.25) is 10.1 Å². The van der Waals surface area contributed by atoms with E-state index in [2.05, 4.69) is 80.9 Å². The average molecular weight is 614 g/mol. The first-order valence-corrected chi connectivity index (χ1v) is 14.5. The van der Waals surface area contributed by atoms with Crippen molar-refractivity contribution in [1.29, 1.82) is 0 Å². The maximum absolute atomic E-state index is 9.86. The van der Waals surface area contributed by atoms with Gasteiger partial charge in [-0.1, -0.05) is 80.9 Å². The number of nitrogens with one attached hydrogen (secondary N) is 3. The average Bonchev–Trinajstić information content (AvgIpc) is 3.02. The Morgan fingerprint density at radius 3 is 2.05 bits per heavy atom. The first-order chi connectivity index (χ1) is 19.2. The number of nitrogens with zero attached hydrogens (tertiary/aromatic N) is 3. The summed E-state index contributed by atoms with van der Waals surface area (Å²) in [7, 11) is 4.15. The second-order valence-corrected chi connectivity index (χ2v) is 7.72. The van der Waals surface area contributed by atoms with Crippen molar-refractivity contribution < 1.29 is 28.8 Å². The Kier molecular flexibility index (Phi) is 37.3. The number of benzene rings is 2. The van der Waals surface area contributed by atoms with Gasteiger partial charge in [0.25, 0.3) is 0 Å². The van der Waals surface area contributed by atoms with Gasteiger partial charge in [0.1, 0.15) is 0 Å². The minimum absolute atomic E-state index is 0.662. The molecule has 1 aliphatic rings. The van der Waals surface area contributed by atoms with Crippen LogP contribution in [0.25, 0.3) is 5.32 Å². The van der Waals surface area contributed by atoms with E-state index in [1.165, 1.54) is 18.7 Å². The number of rotatable bonds is 11. The summed E-state index contributed by atoms with van der Waals surface area (Å²) in [6, 6.07) is 19.6. The van der Waals surface area contributed by atoms with Crippen molar-refractivity contribution in [3.8, 4) is 16.9 Å². The third-order valence-electron chi connectivity index (χ3n) is 4.82. The topological polar surface area (TPSA) is 73.7 Å². The van der Waals surface area contributed by atoms with Crippen LogP contribution in [-0.2, 0) is 35.4 Å². The van der Waals surface area contributed by atoms with Crippen LogP contribution in [0.4, 0.5) is 5.69 Å². The summed E-state index contributed by atoms with van der Waals surface area (Å²) in [5.74, 6) is 0. The molecule has 1 fully saturated rings. The number of piperazine rings is 1. The number of para-hydroxylation sites is 1. The van der Waals surface area contributed by atoms with E-state index >= 15 is 0 Å². The van der Waals surface area contributed by atoms with Crippen molar-refractivity contribution in [1.82, 2.24) is 20.4 Å². The monoisotopic (exact) mass is 612 g/mol. The van der Waals surface area contributed by atoms with E-state index in [-0.39, 0.29) is 0 Å². The second kappa shape index (κ2) is 35.5. The van der Waals surface area contributed by atoms with Crippen LogP contribution in [0.3, 0.4) is 0 Å². The number of hydrogen-bond acceptors (Lipinski definition) is 5. The van der Waals surface area contributed by atoms with Gasteiger partial charge in [-0.25, -0.2) is 0 Å². The van der Waals surface area contributed by atoms with Crippen LogP contribution in [0.15, 0.2) is 73.4 Å².